The average Bonchev–Trinajstić information content (AvgIpc) is 3.15. The van der Waals surface area contributed by atoms with Crippen LogP contribution in [0.2, 0.25) is 0 Å². The van der Waals surface area contributed by atoms with E-state index in [-0.39, 0.29) is 5.75 Å². The van der Waals surface area contributed by atoms with Crippen LogP contribution in [0.1, 0.15) is 33.9 Å². The van der Waals surface area contributed by atoms with E-state index in [1.54, 1.807) is 32.0 Å². The van der Waals surface area contributed by atoms with E-state index in [1.165, 1.54) is 6.92 Å². The van der Waals surface area contributed by atoms with Gasteiger partial charge < -0.3 is 19.1 Å². The van der Waals surface area contributed by atoms with Crippen LogP contribution in [0.5, 0.6) is 5.75 Å². The molecule has 3 aromatic rings. The van der Waals surface area contributed by atoms with Gasteiger partial charge in [0, 0.05) is 12.3 Å². The van der Waals surface area contributed by atoms with Gasteiger partial charge in [-0.3, -0.25) is 23.7 Å². The molecule has 1 aliphatic heterocycles. The van der Waals surface area contributed by atoms with E-state index in [4.69, 9.17) is 18.5 Å². The zero-order valence-electron chi connectivity index (χ0n) is 23.4. The molecule has 0 spiro atoms. The highest BCUT2D eigenvalue weighted by atomic mass is 31.2. The lowest BCUT2D eigenvalue weighted by Crippen LogP contribution is -2.43. The number of nitrogens with one attached hydrogen (secondary N) is 2. The van der Waals surface area contributed by atoms with Crippen LogP contribution >= 0.6 is 7.75 Å². The predicted molar refractivity (Wildman–Crippen MR) is 151 cm³/mol. The number of esters is 1. The van der Waals surface area contributed by atoms with E-state index >= 15 is 4.39 Å². The summed E-state index contributed by atoms with van der Waals surface area (Å²) in [4.78, 5) is 38.2. The largest absolute Gasteiger partial charge is 0.462 e. The Bertz CT molecular complexity index is 1560. The zero-order chi connectivity index (χ0) is 30.7. The Morgan fingerprint density at radius 1 is 1.14 bits per heavy atom. The van der Waals surface area contributed by atoms with Crippen molar-refractivity contribution in [3.05, 3.63) is 87.7 Å². The lowest BCUT2D eigenvalue weighted by molar-refractivity contribution is -0.149. The molecule has 0 radical (unpaired) electrons. The van der Waals surface area contributed by atoms with Gasteiger partial charge >= 0.3 is 19.4 Å². The quantitative estimate of drug-likeness (QED) is 0.219. The summed E-state index contributed by atoms with van der Waals surface area (Å²) in [6, 6.07) is 15.9. The fourth-order valence-corrected chi connectivity index (χ4v) is 5.84. The molecule has 4 rings (SSSR count). The van der Waals surface area contributed by atoms with Crippen molar-refractivity contribution in [1.82, 2.24) is 14.6 Å². The standard InChI is InChI=1S/C28H33FN3O9P/c1-17(2)39-25(35)18(3)31-42(37,41-21-12-8-11-20(15-21)19-9-6-5-7-10-19)38-16-22-24(34)28(4,29)26(40-22)32-14-13-23(33)30-27(32)36/h5-15,17-18,22,24,26,34H,16H2,1-4H3,(H,31,37)(H,30,33,36)/t18-,22?,24+,26+,28+,42?/m0/s1. The van der Waals surface area contributed by atoms with Crippen LogP contribution < -0.4 is 20.9 Å². The van der Waals surface area contributed by atoms with Gasteiger partial charge in [-0.25, -0.2) is 13.8 Å². The van der Waals surface area contributed by atoms with Gasteiger partial charge in [0.25, 0.3) is 5.56 Å². The molecule has 0 bridgehead atoms. The zero-order valence-corrected chi connectivity index (χ0v) is 24.3. The van der Waals surface area contributed by atoms with Gasteiger partial charge in [0.1, 0.15) is 24.0 Å². The fourth-order valence-electron chi connectivity index (χ4n) is 4.35. The Labute approximate surface area is 241 Å². The number of ether oxygens (including phenoxy) is 2. The predicted octanol–water partition coefficient (Wildman–Crippen LogP) is 3.32. The number of carbonyl (C=O) groups is 1. The van der Waals surface area contributed by atoms with Crippen LogP contribution in [-0.4, -0.2) is 57.3 Å². The molecular formula is C28H33FN3O9P. The van der Waals surface area contributed by atoms with Crippen molar-refractivity contribution >= 4 is 13.7 Å². The molecule has 1 fully saturated rings. The van der Waals surface area contributed by atoms with Crippen molar-refractivity contribution in [3.63, 3.8) is 0 Å². The second-order valence-electron chi connectivity index (χ2n) is 10.3. The number of aliphatic hydroxyl groups excluding tert-OH is 1. The maximum atomic E-state index is 15.6. The monoisotopic (exact) mass is 605 g/mol. The van der Waals surface area contributed by atoms with Crippen LogP contribution in [0.15, 0.2) is 76.4 Å². The number of halogens is 1. The van der Waals surface area contributed by atoms with Crippen LogP contribution in [0.25, 0.3) is 11.1 Å². The first kappa shape index (κ1) is 31.3. The molecule has 0 amide bonds. The number of alkyl halides is 1. The average molecular weight is 606 g/mol. The Hall–Kier alpha value is -3.61. The summed E-state index contributed by atoms with van der Waals surface area (Å²) in [5, 5.41) is 13.3. The number of hydrogen-bond acceptors (Lipinski definition) is 9. The molecule has 2 unspecified atom stereocenters. The number of benzene rings is 2. The van der Waals surface area contributed by atoms with Crippen molar-refractivity contribution < 1.29 is 37.4 Å². The normalized spacial score (nSPS) is 24.2. The van der Waals surface area contributed by atoms with Gasteiger partial charge in [0.15, 0.2) is 11.9 Å². The SMILES string of the molecule is CC(C)OC(=O)[C@H](C)NP(=O)(OCC1O[C@@H](n2ccc(=O)[nH]c2=O)[C@](C)(F)[C@@H]1O)Oc1cccc(-c2ccccc2)c1. The van der Waals surface area contributed by atoms with Gasteiger partial charge in [0.2, 0.25) is 0 Å². The molecule has 1 saturated heterocycles. The molecule has 6 atom stereocenters. The van der Waals surface area contributed by atoms with E-state index in [0.717, 1.165) is 34.9 Å². The number of hydrogen-bond donors (Lipinski definition) is 3. The summed E-state index contributed by atoms with van der Waals surface area (Å²) in [7, 11) is -4.42. The number of aromatic amines is 1. The lowest BCUT2D eigenvalue weighted by Gasteiger charge is -2.25. The Balaban J connectivity index is 1.58. The molecule has 2 aromatic carbocycles. The summed E-state index contributed by atoms with van der Waals surface area (Å²) in [6.45, 7) is 5.08. The molecular weight excluding hydrogens is 572 g/mol. The van der Waals surface area contributed by atoms with Crippen molar-refractivity contribution in [1.29, 1.82) is 0 Å². The number of carbonyl (C=O) groups excluding carboxylic acids is 1. The van der Waals surface area contributed by atoms with E-state index in [2.05, 4.69) is 5.09 Å². The molecule has 42 heavy (non-hydrogen) atoms. The third-order valence-electron chi connectivity index (χ3n) is 6.45. The molecule has 1 aliphatic rings. The van der Waals surface area contributed by atoms with Crippen LogP contribution in [0.4, 0.5) is 4.39 Å². The summed E-state index contributed by atoms with van der Waals surface area (Å²) in [5.74, 6) is -0.584. The summed E-state index contributed by atoms with van der Waals surface area (Å²) in [6.07, 6.45) is -4.29. The molecule has 0 saturated carbocycles. The minimum absolute atomic E-state index is 0.137. The van der Waals surface area contributed by atoms with Crippen LogP contribution in [-0.2, 0) is 23.4 Å². The van der Waals surface area contributed by atoms with E-state index in [9.17, 15) is 24.1 Å². The highest BCUT2D eigenvalue weighted by Gasteiger charge is 2.56. The van der Waals surface area contributed by atoms with Crippen molar-refractivity contribution in [2.45, 2.75) is 63.9 Å². The molecule has 14 heteroatoms. The minimum Gasteiger partial charge on any atom is -0.462 e. The van der Waals surface area contributed by atoms with Crippen molar-refractivity contribution in [2.75, 3.05) is 6.61 Å². The second kappa shape index (κ2) is 12.7. The molecule has 1 aromatic heterocycles. The molecule has 226 valence electrons. The number of H-pyrrole nitrogens is 1. The molecule has 2 heterocycles. The lowest BCUT2D eigenvalue weighted by atomic mass is 9.98. The topological polar surface area (TPSA) is 158 Å². The Kier molecular flexibility index (Phi) is 9.49. The minimum atomic E-state index is -4.42. The Morgan fingerprint density at radius 3 is 2.50 bits per heavy atom. The van der Waals surface area contributed by atoms with Crippen LogP contribution in [0.3, 0.4) is 0 Å². The number of aromatic nitrogens is 2. The van der Waals surface area contributed by atoms with Gasteiger partial charge in [-0.1, -0.05) is 42.5 Å². The molecule has 0 aliphatic carbocycles. The highest BCUT2D eigenvalue weighted by molar-refractivity contribution is 7.52. The first-order valence-electron chi connectivity index (χ1n) is 13.2. The Morgan fingerprint density at radius 2 is 1.83 bits per heavy atom. The van der Waals surface area contributed by atoms with Gasteiger partial charge in [-0.05, 0) is 51.0 Å². The van der Waals surface area contributed by atoms with Crippen molar-refractivity contribution in [2.24, 2.45) is 0 Å². The second-order valence-corrected chi connectivity index (χ2v) is 11.9. The smallest absolute Gasteiger partial charge is 0.459 e. The molecule has 12 nitrogen and oxygen atoms in total. The number of aliphatic hydroxyl groups is 1. The first-order valence-corrected chi connectivity index (χ1v) is 14.7. The fraction of sp³-hybridized carbons (Fsp3) is 0.393. The van der Waals surface area contributed by atoms with E-state index in [0.29, 0.717) is 0 Å². The van der Waals surface area contributed by atoms with Gasteiger partial charge in [-0.15, -0.1) is 0 Å². The van der Waals surface area contributed by atoms with Crippen molar-refractivity contribution in [3.8, 4) is 16.9 Å². The maximum Gasteiger partial charge on any atom is 0.459 e. The highest BCUT2D eigenvalue weighted by Crippen LogP contribution is 2.48. The maximum absolute atomic E-state index is 15.6. The van der Waals surface area contributed by atoms with Gasteiger partial charge in [0.05, 0.1) is 12.7 Å². The third kappa shape index (κ3) is 7.23. The molecule has 3 N–H and O–H groups in total. The summed E-state index contributed by atoms with van der Waals surface area (Å²) >= 11 is 0. The van der Waals surface area contributed by atoms with Gasteiger partial charge in [-0.2, -0.15) is 5.09 Å². The number of rotatable bonds is 11. The third-order valence-corrected chi connectivity index (χ3v) is 8.10. The summed E-state index contributed by atoms with van der Waals surface area (Å²) < 4.78 is 52.6. The first-order chi connectivity index (χ1) is 19.8. The van der Waals surface area contributed by atoms with E-state index in [1.807, 2.05) is 41.4 Å². The number of nitrogens with zero attached hydrogens (tertiary/aromatic N) is 1. The van der Waals surface area contributed by atoms with E-state index < -0.39 is 67.8 Å². The summed E-state index contributed by atoms with van der Waals surface area (Å²) in [5.41, 5.74) is -2.53. The van der Waals surface area contributed by atoms with Crippen LogP contribution in [0, 0.1) is 0 Å².